The van der Waals surface area contributed by atoms with Crippen LogP contribution >= 0.6 is 0 Å². The molecule has 0 aliphatic heterocycles. The molecule has 2 aromatic rings. The van der Waals surface area contributed by atoms with Gasteiger partial charge in [-0.05, 0) is 17.7 Å². The molecule has 4 heteroatoms. The van der Waals surface area contributed by atoms with E-state index in [1.165, 1.54) is 6.07 Å². The summed E-state index contributed by atoms with van der Waals surface area (Å²) in [7, 11) is 1.61. The molecule has 92 valence electrons. The molecule has 2 rings (SSSR count). The highest BCUT2D eigenvalue weighted by Gasteiger charge is 2.12. The number of rotatable bonds is 4. The van der Waals surface area contributed by atoms with Gasteiger partial charge in [0.05, 0.1) is 12.0 Å². The smallest absolute Gasteiger partial charge is 0.272 e. The van der Waals surface area contributed by atoms with Crippen LogP contribution in [0, 0.1) is 10.1 Å². The summed E-state index contributed by atoms with van der Waals surface area (Å²) >= 11 is 0. The summed E-state index contributed by atoms with van der Waals surface area (Å²) in [6.45, 7) is 0. The molecule has 0 unspecified atom stereocenters. The van der Waals surface area contributed by atoms with E-state index < -0.39 is 0 Å². The minimum atomic E-state index is -0.348. The Balaban J connectivity index is 2.25. The quantitative estimate of drug-likeness (QED) is 0.612. The molecule has 0 aliphatic carbocycles. The normalized spacial score (nSPS) is 10.1. The molecule has 18 heavy (non-hydrogen) atoms. The van der Waals surface area contributed by atoms with Crippen LogP contribution in [-0.2, 0) is 6.42 Å². The minimum absolute atomic E-state index is 0.160. The fraction of sp³-hybridized carbons (Fsp3) is 0.143. The third-order valence-corrected chi connectivity index (χ3v) is 2.74. The summed E-state index contributed by atoms with van der Waals surface area (Å²) < 4.78 is 5.07. The van der Waals surface area contributed by atoms with Crippen molar-refractivity contribution < 1.29 is 9.66 Å². The van der Waals surface area contributed by atoms with Gasteiger partial charge in [-0.3, -0.25) is 10.1 Å². The number of nitrogens with zero attached hydrogens (tertiary/aromatic N) is 1. The van der Waals surface area contributed by atoms with Crippen molar-refractivity contribution >= 4 is 5.69 Å². The van der Waals surface area contributed by atoms with E-state index in [0.29, 0.717) is 12.0 Å². The van der Waals surface area contributed by atoms with Gasteiger partial charge in [-0.15, -0.1) is 0 Å². The number of benzene rings is 2. The van der Waals surface area contributed by atoms with Crippen molar-refractivity contribution in [3.05, 3.63) is 69.8 Å². The second-order valence-corrected chi connectivity index (χ2v) is 3.91. The van der Waals surface area contributed by atoms with E-state index in [1.807, 2.05) is 30.3 Å². The number of para-hydroxylation sites is 1. The van der Waals surface area contributed by atoms with Crippen LogP contribution in [0.3, 0.4) is 0 Å². The SMILES string of the molecule is COc1ccc(Cc2ccccc2[N+](=O)[O-])cc1. The molecule has 0 saturated carbocycles. The first kappa shape index (κ1) is 12.1. The van der Waals surface area contributed by atoms with E-state index in [0.717, 1.165) is 11.3 Å². The van der Waals surface area contributed by atoms with Crippen LogP contribution in [-0.4, -0.2) is 12.0 Å². The Labute approximate surface area is 105 Å². The highest BCUT2D eigenvalue weighted by Crippen LogP contribution is 2.22. The Hall–Kier alpha value is -2.36. The monoisotopic (exact) mass is 243 g/mol. The van der Waals surface area contributed by atoms with E-state index in [-0.39, 0.29) is 10.6 Å². The largest absolute Gasteiger partial charge is 0.497 e. The van der Waals surface area contributed by atoms with Gasteiger partial charge < -0.3 is 4.74 Å². The van der Waals surface area contributed by atoms with Crippen LogP contribution in [0.5, 0.6) is 5.75 Å². The van der Waals surface area contributed by atoms with Crippen molar-refractivity contribution in [2.24, 2.45) is 0 Å². The number of nitro groups is 1. The highest BCUT2D eigenvalue weighted by atomic mass is 16.6. The van der Waals surface area contributed by atoms with Gasteiger partial charge in [-0.25, -0.2) is 0 Å². The Morgan fingerprint density at radius 2 is 1.78 bits per heavy atom. The highest BCUT2D eigenvalue weighted by molar-refractivity contribution is 5.43. The first-order valence-corrected chi connectivity index (χ1v) is 5.56. The van der Waals surface area contributed by atoms with E-state index >= 15 is 0 Å². The maximum Gasteiger partial charge on any atom is 0.272 e. The molecule has 2 aromatic carbocycles. The molecule has 0 amide bonds. The fourth-order valence-corrected chi connectivity index (χ4v) is 1.80. The molecular weight excluding hydrogens is 230 g/mol. The predicted octanol–water partition coefficient (Wildman–Crippen LogP) is 3.19. The summed E-state index contributed by atoms with van der Waals surface area (Å²) in [5.74, 6) is 0.779. The van der Waals surface area contributed by atoms with Crippen molar-refractivity contribution in [3.63, 3.8) is 0 Å². The van der Waals surface area contributed by atoms with E-state index in [2.05, 4.69) is 0 Å². The first-order valence-electron chi connectivity index (χ1n) is 5.56. The molecule has 0 aromatic heterocycles. The van der Waals surface area contributed by atoms with Crippen LogP contribution < -0.4 is 4.74 Å². The zero-order valence-electron chi connectivity index (χ0n) is 10.00. The zero-order chi connectivity index (χ0) is 13.0. The summed E-state index contributed by atoms with van der Waals surface area (Å²) in [6, 6.07) is 14.3. The molecule has 0 saturated heterocycles. The molecule has 0 aliphatic rings. The Morgan fingerprint density at radius 3 is 2.39 bits per heavy atom. The summed E-state index contributed by atoms with van der Waals surface area (Å²) in [4.78, 5) is 10.5. The van der Waals surface area contributed by atoms with Crippen LogP contribution in [0.1, 0.15) is 11.1 Å². The lowest BCUT2D eigenvalue weighted by Gasteiger charge is -2.04. The zero-order valence-corrected chi connectivity index (χ0v) is 10.00. The van der Waals surface area contributed by atoms with E-state index in [9.17, 15) is 10.1 Å². The lowest BCUT2D eigenvalue weighted by Crippen LogP contribution is -1.96. The molecule has 0 spiro atoms. The summed E-state index contributed by atoms with van der Waals surface area (Å²) in [5.41, 5.74) is 1.89. The molecule has 0 fully saturated rings. The van der Waals surface area contributed by atoms with Gasteiger partial charge >= 0.3 is 0 Å². The number of nitro benzene ring substituents is 1. The maximum atomic E-state index is 10.9. The van der Waals surface area contributed by atoms with Crippen LogP contribution in [0.15, 0.2) is 48.5 Å². The van der Waals surface area contributed by atoms with Crippen LogP contribution in [0.4, 0.5) is 5.69 Å². The summed E-state index contributed by atoms with van der Waals surface area (Å²) in [5, 5.41) is 10.9. The summed E-state index contributed by atoms with van der Waals surface area (Å²) in [6.07, 6.45) is 0.543. The maximum absolute atomic E-state index is 10.9. The van der Waals surface area contributed by atoms with Crippen molar-refractivity contribution in [3.8, 4) is 5.75 Å². The van der Waals surface area contributed by atoms with Gasteiger partial charge in [0.1, 0.15) is 5.75 Å². The Kier molecular flexibility index (Phi) is 3.57. The van der Waals surface area contributed by atoms with Gasteiger partial charge in [0.2, 0.25) is 0 Å². The first-order chi connectivity index (χ1) is 8.70. The van der Waals surface area contributed by atoms with Crippen LogP contribution in [0.25, 0.3) is 0 Å². The third kappa shape index (κ3) is 2.66. The topological polar surface area (TPSA) is 52.4 Å². The molecular formula is C14H13NO3. The molecule has 0 heterocycles. The van der Waals surface area contributed by atoms with Crippen molar-refractivity contribution in [2.75, 3.05) is 7.11 Å². The average Bonchev–Trinajstić information content (AvgIpc) is 2.40. The van der Waals surface area contributed by atoms with E-state index in [4.69, 9.17) is 4.74 Å². The standard InChI is InChI=1S/C14H13NO3/c1-18-13-8-6-11(7-9-13)10-12-4-2-3-5-14(12)15(16)17/h2-9H,10H2,1H3. The minimum Gasteiger partial charge on any atom is -0.497 e. The average molecular weight is 243 g/mol. The Bertz CT molecular complexity index is 549. The second-order valence-electron chi connectivity index (χ2n) is 3.91. The van der Waals surface area contributed by atoms with Gasteiger partial charge in [-0.2, -0.15) is 0 Å². The molecule has 0 atom stereocenters. The van der Waals surface area contributed by atoms with Gasteiger partial charge in [0, 0.05) is 18.1 Å². The number of hydrogen-bond acceptors (Lipinski definition) is 3. The molecule has 4 nitrogen and oxygen atoms in total. The second kappa shape index (κ2) is 5.31. The van der Waals surface area contributed by atoms with Crippen molar-refractivity contribution in [2.45, 2.75) is 6.42 Å². The number of ether oxygens (including phenoxy) is 1. The lowest BCUT2D eigenvalue weighted by molar-refractivity contribution is -0.385. The number of hydrogen-bond donors (Lipinski definition) is 0. The van der Waals surface area contributed by atoms with Gasteiger partial charge in [0.25, 0.3) is 5.69 Å². The predicted molar refractivity (Wildman–Crippen MR) is 68.9 cm³/mol. The molecule has 0 N–H and O–H groups in total. The lowest BCUT2D eigenvalue weighted by atomic mass is 10.0. The van der Waals surface area contributed by atoms with Gasteiger partial charge in [-0.1, -0.05) is 30.3 Å². The van der Waals surface area contributed by atoms with Crippen molar-refractivity contribution in [1.29, 1.82) is 0 Å². The third-order valence-electron chi connectivity index (χ3n) is 2.74. The molecule has 0 bridgehead atoms. The van der Waals surface area contributed by atoms with Crippen LogP contribution in [0.2, 0.25) is 0 Å². The fourth-order valence-electron chi connectivity index (χ4n) is 1.80. The number of methoxy groups -OCH3 is 1. The van der Waals surface area contributed by atoms with Gasteiger partial charge in [0.15, 0.2) is 0 Å². The van der Waals surface area contributed by atoms with Crippen molar-refractivity contribution in [1.82, 2.24) is 0 Å². The Morgan fingerprint density at radius 1 is 1.11 bits per heavy atom. The van der Waals surface area contributed by atoms with E-state index in [1.54, 1.807) is 19.2 Å². The molecule has 0 radical (unpaired) electrons.